The van der Waals surface area contributed by atoms with Crippen LogP contribution in [0, 0.1) is 11.8 Å². The molecule has 1 saturated heterocycles. The summed E-state index contributed by atoms with van der Waals surface area (Å²) in [6, 6.07) is 16.6. The minimum Gasteiger partial charge on any atom is -0.508 e. The molecule has 4 heteroatoms. The van der Waals surface area contributed by atoms with Gasteiger partial charge in [0.15, 0.2) is 0 Å². The number of nitrogens with zero attached hydrogens (tertiary/aromatic N) is 1. The topological polar surface area (TPSA) is 43.7 Å². The van der Waals surface area contributed by atoms with Crippen LogP contribution in [0.4, 0.5) is 4.39 Å². The van der Waals surface area contributed by atoms with Gasteiger partial charge in [-0.25, -0.2) is 4.39 Å². The van der Waals surface area contributed by atoms with Gasteiger partial charge in [0.25, 0.3) is 0 Å². The molecular weight excluding hydrogens is 341 g/mol. The maximum atomic E-state index is 15.4. The third-order valence-electron chi connectivity index (χ3n) is 6.49. The lowest BCUT2D eigenvalue weighted by Crippen LogP contribution is -2.37. The van der Waals surface area contributed by atoms with Crippen molar-refractivity contribution in [2.45, 2.75) is 44.0 Å². The van der Waals surface area contributed by atoms with Crippen LogP contribution >= 0.6 is 0 Å². The van der Waals surface area contributed by atoms with E-state index >= 15 is 4.39 Å². The lowest BCUT2D eigenvalue weighted by Gasteiger charge is -2.31. The Morgan fingerprint density at radius 1 is 1.04 bits per heavy atom. The molecule has 1 aliphatic carbocycles. The van der Waals surface area contributed by atoms with Gasteiger partial charge in [-0.3, -0.25) is 4.90 Å². The van der Waals surface area contributed by atoms with Crippen LogP contribution in [0.15, 0.2) is 54.6 Å². The van der Waals surface area contributed by atoms with Gasteiger partial charge in [0.2, 0.25) is 0 Å². The Balaban J connectivity index is 1.37. The molecule has 0 radical (unpaired) electrons. The molecule has 1 heterocycles. The van der Waals surface area contributed by atoms with E-state index in [4.69, 9.17) is 0 Å². The van der Waals surface area contributed by atoms with Crippen molar-refractivity contribution in [1.82, 2.24) is 4.90 Å². The fourth-order valence-corrected chi connectivity index (χ4v) is 5.05. The SMILES string of the molecule is CC(C(O)c1ccc(O)cc1)N1C[C@@H]2CC(F)(Cc3ccccc3)C[C@@H]2C1. The molecule has 5 atom stereocenters. The highest BCUT2D eigenvalue weighted by molar-refractivity contribution is 5.28. The first kappa shape index (κ1) is 18.5. The van der Waals surface area contributed by atoms with Gasteiger partial charge in [0, 0.05) is 25.6 Å². The fraction of sp³-hybridized carbons (Fsp3) is 0.478. The predicted molar refractivity (Wildman–Crippen MR) is 104 cm³/mol. The molecule has 3 unspecified atom stereocenters. The van der Waals surface area contributed by atoms with Crippen LogP contribution in [-0.2, 0) is 6.42 Å². The lowest BCUT2D eigenvalue weighted by atomic mass is 9.93. The third kappa shape index (κ3) is 3.87. The number of likely N-dealkylation sites (tertiary alicyclic amines) is 1. The molecule has 2 aromatic carbocycles. The van der Waals surface area contributed by atoms with Crippen molar-refractivity contribution in [3.8, 4) is 5.75 Å². The average molecular weight is 369 g/mol. The van der Waals surface area contributed by atoms with Gasteiger partial charge in [0.1, 0.15) is 11.4 Å². The molecule has 2 aromatic rings. The molecule has 2 aliphatic rings. The summed E-state index contributed by atoms with van der Waals surface area (Å²) in [7, 11) is 0. The second-order valence-corrected chi connectivity index (χ2v) is 8.47. The standard InChI is InChI=1S/C23H28FNO2/c1-16(22(27)18-7-9-21(26)10-8-18)25-14-19-12-23(24,13-20(19)15-25)11-17-5-3-2-4-6-17/h2-10,16,19-20,22,26-27H,11-15H2,1H3/t16?,19-,20+,22?,23?. The van der Waals surface area contributed by atoms with Crippen LogP contribution in [0.3, 0.4) is 0 Å². The summed E-state index contributed by atoms with van der Waals surface area (Å²) < 4.78 is 15.4. The van der Waals surface area contributed by atoms with Crippen molar-refractivity contribution in [3.63, 3.8) is 0 Å². The van der Waals surface area contributed by atoms with E-state index in [2.05, 4.69) is 4.90 Å². The normalized spacial score (nSPS) is 30.2. The van der Waals surface area contributed by atoms with Gasteiger partial charge in [-0.05, 0) is 54.9 Å². The van der Waals surface area contributed by atoms with Crippen molar-refractivity contribution in [1.29, 1.82) is 0 Å². The van der Waals surface area contributed by atoms with Crippen molar-refractivity contribution < 1.29 is 14.6 Å². The Bertz CT molecular complexity index is 750. The molecule has 0 bridgehead atoms. The zero-order valence-corrected chi connectivity index (χ0v) is 15.8. The molecule has 2 N–H and O–H groups in total. The number of aliphatic hydroxyl groups is 1. The molecular formula is C23H28FNO2. The van der Waals surface area contributed by atoms with Gasteiger partial charge in [-0.15, -0.1) is 0 Å². The van der Waals surface area contributed by atoms with Crippen LogP contribution in [0.5, 0.6) is 5.75 Å². The Hall–Kier alpha value is -1.91. The minimum atomic E-state index is -1.10. The van der Waals surface area contributed by atoms with Crippen LogP contribution in [0.2, 0.25) is 0 Å². The molecule has 0 amide bonds. The molecule has 4 rings (SSSR count). The molecule has 0 aromatic heterocycles. The van der Waals surface area contributed by atoms with Crippen molar-refractivity contribution in [2.75, 3.05) is 13.1 Å². The molecule has 1 saturated carbocycles. The summed E-state index contributed by atoms with van der Waals surface area (Å²) in [6.07, 6.45) is 1.13. The Kier molecular flexibility index (Phi) is 4.95. The van der Waals surface area contributed by atoms with Gasteiger partial charge < -0.3 is 10.2 Å². The minimum absolute atomic E-state index is 0.0247. The summed E-state index contributed by atoms with van der Waals surface area (Å²) >= 11 is 0. The second kappa shape index (κ2) is 7.25. The maximum Gasteiger partial charge on any atom is 0.115 e. The van der Waals surface area contributed by atoms with Crippen LogP contribution in [0.1, 0.15) is 37.0 Å². The molecule has 0 spiro atoms. The van der Waals surface area contributed by atoms with Crippen molar-refractivity contribution in [3.05, 3.63) is 65.7 Å². The van der Waals surface area contributed by atoms with Crippen LogP contribution in [-0.4, -0.2) is 39.9 Å². The second-order valence-electron chi connectivity index (χ2n) is 8.47. The monoisotopic (exact) mass is 369 g/mol. The number of alkyl halides is 1. The quantitative estimate of drug-likeness (QED) is 0.834. The van der Waals surface area contributed by atoms with Crippen LogP contribution in [0.25, 0.3) is 0 Å². The molecule has 144 valence electrons. The smallest absolute Gasteiger partial charge is 0.115 e. The number of fused-ring (bicyclic) bond motifs is 1. The van der Waals surface area contributed by atoms with Crippen molar-refractivity contribution in [2.24, 2.45) is 11.8 Å². The highest BCUT2D eigenvalue weighted by Gasteiger charge is 2.50. The van der Waals surface area contributed by atoms with E-state index in [0.29, 0.717) is 31.1 Å². The van der Waals surface area contributed by atoms with Gasteiger partial charge >= 0.3 is 0 Å². The molecule has 27 heavy (non-hydrogen) atoms. The Labute approximate surface area is 160 Å². The summed E-state index contributed by atoms with van der Waals surface area (Å²) in [5.74, 6) is 0.938. The average Bonchev–Trinajstić information content (AvgIpc) is 3.16. The first-order valence-electron chi connectivity index (χ1n) is 9.87. The van der Waals surface area contributed by atoms with E-state index in [1.807, 2.05) is 37.3 Å². The number of benzene rings is 2. The van der Waals surface area contributed by atoms with E-state index in [0.717, 1.165) is 24.2 Å². The Morgan fingerprint density at radius 2 is 1.63 bits per heavy atom. The third-order valence-corrected chi connectivity index (χ3v) is 6.49. The summed E-state index contributed by atoms with van der Waals surface area (Å²) in [6.45, 7) is 3.73. The van der Waals surface area contributed by atoms with E-state index < -0.39 is 11.8 Å². The predicted octanol–water partition coefficient (Wildman–Crippen LogP) is 4.11. The number of phenolic OH excluding ortho intramolecular Hbond substituents is 1. The number of phenols is 1. The van der Waals surface area contributed by atoms with Gasteiger partial charge in [-0.2, -0.15) is 0 Å². The molecule has 3 nitrogen and oxygen atoms in total. The summed E-state index contributed by atoms with van der Waals surface area (Å²) in [5, 5.41) is 20.1. The van der Waals surface area contributed by atoms with Gasteiger partial charge in [0.05, 0.1) is 6.10 Å². The molecule has 2 fully saturated rings. The number of rotatable bonds is 5. The van der Waals surface area contributed by atoms with Gasteiger partial charge in [-0.1, -0.05) is 42.5 Å². The Morgan fingerprint density at radius 3 is 2.22 bits per heavy atom. The highest BCUT2D eigenvalue weighted by atomic mass is 19.1. The lowest BCUT2D eigenvalue weighted by molar-refractivity contribution is 0.0602. The maximum absolute atomic E-state index is 15.4. The van der Waals surface area contributed by atoms with E-state index in [1.165, 1.54) is 0 Å². The number of aliphatic hydroxyl groups excluding tert-OH is 1. The van der Waals surface area contributed by atoms with E-state index in [9.17, 15) is 10.2 Å². The fourth-order valence-electron chi connectivity index (χ4n) is 5.05. The molecule has 1 aliphatic heterocycles. The number of hydrogen-bond donors (Lipinski definition) is 2. The largest absolute Gasteiger partial charge is 0.508 e. The highest BCUT2D eigenvalue weighted by Crippen LogP contribution is 2.48. The number of aromatic hydroxyl groups is 1. The summed E-state index contributed by atoms with van der Waals surface area (Å²) in [5.41, 5.74) is 0.788. The first-order chi connectivity index (χ1) is 12.9. The zero-order chi connectivity index (χ0) is 19.0. The van der Waals surface area contributed by atoms with E-state index in [1.54, 1.807) is 24.3 Å². The summed E-state index contributed by atoms with van der Waals surface area (Å²) in [4.78, 5) is 2.30. The van der Waals surface area contributed by atoms with Crippen LogP contribution < -0.4 is 0 Å². The first-order valence-corrected chi connectivity index (χ1v) is 9.87. The zero-order valence-electron chi connectivity index (χ0n) is 15.8. The van der Waals surface area contributed by atoms with Crippen molar-refractivity contribution >= 4 is 0 Å². The number of halogens is 1. The number of hydrogen-bond acceptors (Lipinski definition) is 3. The van der Waals surface area contributed by atoms with E-state index in [-0.39, 0.29) is 11.8 Å².